The molecule has 0 saturated heterocycles. The first-order valence-corrected chi connectivity index (χ1v) is 6.82. The number of hydrogen-bond donors (Lipinski definition) is 0. The molecule has 1 fully saturated rings. The molecule has 0 radical (unpaired) electrons. The van der Waals surface area contributed by atoms with Gasteiger partial charge in [-0.2, -0.15) is 18.2 Å². The number of aromatic nitrogens is 2. The van der Waals surface area contributed by atoms with E-state index in [4.69, 9.17) is 16.3 Å². The molecule has 1 aromatic heterocycles. The molecule has 1 heterocycles. The Morgan fingerprint density at radius 3 is 2.40 bits per heavy atom. The number of nitrogens with zero attached hydrogens (tertiary/aromatic N) is 2. The minimum atomic E-state index is -4.63. The summed E-state index contributed by atoms with van der Waals surface area (Å²) in [7, 11) is 0. The molecule has 0 atom stereocenters. The van der Waals surface area contributed by atoms with Crippen molar-refractivity contribution >= 4 is 11.6 Å². The number of ether oxygens (including phenoxy) is 1. The van der Waals surface area contributed by atoms with Gasteiger partial charge in [-0.05, 0) is 31.1 Å². The van der Waals surface area contributed by atoms with Crippen molar-refractivity contribution in [1.82, 2.24) is 9.97 Å². The predicted molar refractivity (Wildman–Crippen MR) is 68.7 cm³/mol. The van der Waals surface area contributed by atoms with Crippen LogP contribution in [0.3, 0.4) is 0 Å². The van der Waals surface area contributed by atoms with Crippen LogP contribution in [0.15, 0.2) is 6.07 Å². The molecule has 2 rings (SSSR count). The molecule has 0 aliphatic heterocycles. The number of halogens is 4. The summed E-state index contributed by atoms with van der Waals surface area (Å²) in [5.74, 6) is -1.38. The standard InChI is InChI=1S/C13H16ClF3N2O/c1-12(2)5-3-8(4-6-12)20-10-7-9(14)18-11(19-10)13(15,16)17/h7-8H,3-6H2,1-2H3. The first kappa shape index (κ1) is 15.4. The Kier molecular flexibility index (Phi) is 4.14. The van der Waals surface area contributed by atoms with Crippen molar-refractivity contribution in [2.45, 2.75) is 51.8 Å². The lowest BCUT2D eigenvalue weighted by Gasteiger charge is -2.34. The van der Waals surface area contributed by atoms with Crippen LogP contribution in [0.1, 0.15) is 45.4 Å². The molecule has 0 unspecified atom stereocenters. The van der Waals surface area contributed by atoms with Crippen LogP contribution in [0.5, 0.6) is 5.88 Å². The SMILES string of the molecule is CC1(C)CCC(Oc2cc(Cl)nc(C(F)(F)F)n2)CC1. The Morgan fingerprint density at radius 1 is 1.25 bits per heavy atom. The number of alkyl halides is 3. The molecule has 0 bridgehead atoms. The van der Waals surface area contributed by atoms with Gasteiger partial charge in [0.1, 0.15) is 11.3 Å². The average Bonchev–Trinajstić information content (AvgIpc) is 2.30. The van der Waals surface area contributed by atoms with Gasteiger partial charge in [0.25, 0.3) is 0 Å². The maximum atomic E-state index is 12.6. The molecule has 0 amide bonds. The smallest absolute Gasteiger partial charge is 0.451 e. The van der Waals surface area contributed by atoms with Crippen molar-refractivity contribution in [3.63, 3.8) is 0 Å². The quantitative estimate of drug-likeness (QED) is 0.755. The largest absolute Gasteiger partial charge is 0.474 e. The first-order chi connectivity index (χ1) is 9.16. The van der Waals surface area contributed by atoms with E-state index in [0.29, 0.717) is 0 Å². The van der Waals surface area contributed by atoms with Gasteiger partial charge in [-0.25, -0.2) is 4.98 Å². The molecule has 20 heavy (non-hydrogen) atoms. The van der Waals surface area contributed by atoms with Crippen molar-refractivity contribution in [2.24, 2.45) is 5.41 Å². The van der Waals surface area contributed by atoms with Gasteiger partial charge in [-0.3, -0.25) is 0 Å². The van der Waals surface area contributed by atoms with Crippen molar-refractivity contribution in [1.29, 1.82) is 0 Å². The third kappa shape index (κ3) is 3.98. The second-order valence-corrected chi connectivity index (χ2v) is 6.22. The molecule has 0 N–H and O–H groups in total. The van der Waals surface area contributed by atoms with Crippen molar-refractivity contribution < 1.29 is 17.9 Å². The topological polar surface area (TPSA) is 35.0 Å². The lowest BCUT2D eigenvalue weighted by atomic mass is 9.76. The fourth-order valence-corrected chi connectivity index (χ4v) is 2.42. The van der Waals surface area contributed by atoms with Crippen LogP contribution in [0.2, 0.25) is 5.15 Å². The third-order valence-corrected chi connectivity index (χ3v) is 3.69. The fourth-order valence-electron chi connectivity index (χ4n) is 2.25. The van der Waals surface area contributed by atoms with Crippen LogP contribution in [-0.2, 0) is 6.18 Å². The lowest BCUT2D eigenvalue weighted by Crippen LogP contribution is -2.28. The summed E-state index contributed by atoms with van der Waals surface area (Å²) < 4.78 is 43.3. The maximum absolute atomic E-state index is 12.6. The van der Waals surface area contributed by atoms with Crippen molar-refractivity contribution in [2.75, 3.05) is 0 Å². The van der Waals surface area contributed by atoms with Crippen LogP contribution in [0, 0.1) is 5.41 Å². The Labute approximate surface area is 120 Å². The van der Waals surface area contributed by atoms with Crippen LogP contribution in [0.4, 0.5) is 13.2 Å². The van der Waals surface area contributed by atoms with Gasteiger partial charge in [-0.15, -0.1) is 0 Å². The highest BCUT2D eigenvalue weighted by Crippen LogP contribution is 2.37. The highest BCUT2D eigenvalue weighted by molar-refractivity contribution is 6.29. The highest BCUT2D eigenvalue weighted by atomic mass is 35.5. The second-order valence-electron chi connectivity index (χ2n) is 5.83. The van der Waals surface area contributed by atoms with E-state index >= 15 is 0 Å². The Morgan fingerprint density at radius 2 is 1.85 bits per heavy atom. The molecule has 7 heteroatoms. The molecule has 1 saturated carbocycles. The third-order valence-electron chi connectivity index (χ3n) is 3.50. The summed E-state index contributed by atoms with van der Waals surface area (Å²) >= 11 is 5.59. The summed E-state index contributed by atoms with van der Waals surface area (Å²) in [4.78, 5) is 6.56. The fraction of sp³-hybridized carbons (Fsp3) is 0.692. The van der Waals surface area contributed by atoms with Gasteiger partial charge in [0.2, 0.25) is 11.7 Å². The molecule has 0 aromatic carbocycles. The van der Waals surface area contributed by atoms with Crippen molar-refractivity contribution in [3.05, 3.63) is 17.0 Å². The summed E-state index contributed by atoms with van der Waals surface area (Å²) in [6, 6.07) is 1.22. The van der Waals surface area contributed by atoms with Gasteiger partial charge in [0.05, 0.1) is 0 Å². The number of hydrogen-bond acceptors (Lipinski definition) is 3. The maximum Gasteiger partial charge on any atom is 0.451 e. The van der Waals surface area contributed by atoms with Gasteiger partial charge in [-0.1, -0.05) is 25.4 Å². The lowest BCUT2D eigenvalue weighted by molar-refractivity contribution is -0.145. The Bertz CT molecular complexity index is 481. The van der Waals surface area contributed by atoms with Crippen molar-refractivity contribution in [3.8, 4) is 5.88 Å². The molecule has 0 spiro atoms. The zero-order valence-electron chi connectivity index (χ0n) is 11.3. The molecule has 1 aliphatic rings. The van der Waals surface area contributed by atoms with Gasteiger partial charge in [0.15, 0.2) is 0 Å². The second kappa shape index (κ2) is 5.39. The Hall–Kier alpha value is -1.04. The summed E-state index contributed by atoms with van der Waals surface area (Å²) in [6.07, 6.45) is -1.19. The van der Waals surface area contributed by atoms with Crippen LogP contribution < -0.4 is 4.74 Å². The van der Waals surface area contributed by atoms with E-state index in [0.717, 1.165) is 25.7 Å². The van der Waals surface area contributed by atoms with E-state index in [-0.39, 0.29) is 22.6 Å². The number of rotatable bonds is 2. The monoisotopic (exact) mass is 308 g/mol. The van der Waals surface area contributed by atoms with Gasteiger partial charge < -0.3 is 4.74 Å². The average molecular weight is 309 g/mol. The minimum absolute atomic E-state index is 0.109. The van der Waals surface area contributed by atoms with Crippen LogP contribution in [-0.4, -0.2) is 16.1 Å². The van der Waals surface area contributed by atoms with E-state index in [2.05, 4.69) is 23.8 Å². The van der Waals surface area contributed by atoms with E-state index in [1.165, 1.54) is 6.07 Å². The van der Waals surface area contributed by atoms with Gasteiger partial charge >= 0.3 is 6.18 Å². The van der Waals surface area contributed by atoms with E-state index in [9.17, 15) is 13.2 Å². The van der Waals surface area contributed by atoms with E-state index in [1.807, 2.05) is 0 Å². The highest BCUT2D eigenvalue weighted by Gasteiger charge is 2.36. The van der Waals surface area contributed by atoms with E-state index < -0.39 is 12.0 Å². The molecule has 3 nitrogen and oxygen atoms in total. The summed E-state index contributed by atoms with van der Waals surface area (Å²) in [6.45, 7) is 4.35. The van der Waals surface area contributed by atoms with Gasteiger partial charge in [0, 0.05) is 6.07 Å². The predicted octanol–water partition coefficient (Wildman–Crippen LogP) is 4.50. The van der Waals surface area contributed by atoms with E-state index in [1.54, 1.807) is 0 Å². The minimum Gasteiger partial charge on any atom is -0.474 e. The first-order valence-electron chi connectivity index (χ1n) is 6.44. The zero-order valence-corrected chi connectivity index (χ0v) is 12.1. The molecule has 1 aliphatic carbocycles. The molecular formula is C13H16ClF3N2O. The van der Waals surface area contributed by atoms with Crippen LogP contribution >= 0.6 is 11.6 Å². The summed E-state index contributed by atoms with van der Waals surface area (Å²) in [5.41, 5.74) is 0.264. The molecule has 1 aromatic rings. The zero-order chi connectivity index (χ0) is 15.0. The molecule has 112 valence electrons. The normalized spacial score (nSPS) is 19.9. The molecular weight excluding hydrogens is 293 g/mol. The van der Waals surface area contributed by atoms with Crippen LogP contribution in [0.25, 0.3) is 0 Å². The summed E-state index contributed by atoms with van der Waals surface area (Å²) in [5, 5.41) is -0.265. The Balaban J connectivity index is 2.09.